The van der Waals surface area contributed by atoms with Gasteiger partial charge in [-0.25, -0.2) is 4.98 Å². The van der Waals surface area contributed by atoms with Crippen LogP contribution in [-0.4, -0.2) is 14.5 Å². The SMILES string of the molecule is O=[N+]([O-])c1cccc2c1ccn2Cc1csc(C2CCCC2)n1. The summed E-state index contributed by atoms with van der Waals surface area (Å²) < 4.78 is 2.04. The fourth-order valence-electron chi connectivity index (χ4n) is 3.43. The topological polar surface area (TPSA) is 61.0 Å². The van der Waals surface area contributed by atoms with Crippen LogP contribution in [0.4, 0.5) is 5.69 Å². The van der Waals surface area contributed by atoms with Crippen molar-refractivity contribution in [2.24, 2.45) is 0 Å². The predicted octanol–water partition coefficient (Wildman–Crippen LogP) is 4.71. The number of non-ortho nitro benzene ring substituents is 1. The average molecular weight is 327 g/mol. The van der Waals surface area contributed by atoms with E-state index in [9.17, 15) is 10.1 Å². The Morgan fingerprint density at radius 1 is 1.30 bits per heavy atom. The quantitative estimate of drug-likeness (QED) is 0.515. The van der Waals surface area contributed by atoms with E-state index >= 15 is 0 Å². The summed E-state index contributed by atoms with van der Waals surface area (Å²) in [7, 11) is 0. The summed E-state index contributed by atoms with van der Waals surface area (Å²) in [5.74, 6) is 0.635. The Bertz CT molecular complexity index is 862. The van der Waals surface area contributed by atoms with Crippen molar-refractivity contribution in [1.29, 1.82) is 0 Å². The van der Waals surface area contributed by atoms with Gasteiger partial charge in [0.2, 0.25) is 0 Å². The van der Waals surface area contributed by atoms with Crippen molar-refractivity contribution >= 4 is 27.9 Å². The maximum Gasteiger partial charge on any atom is 0.278 e. The first-order valence-electron chi connectivity index (χ1n) is 7.89. The van der Waals surface area contributed by atoms with Gasteiger partial charge >= 0.3 is 0 Å². The van der Waals surface area contributed by atoms with Gasteiger partial charge < -0.3 is 4.57 Å². The second-order valence-corrected chi connectivity index (χ2v) is 6.96. The average Bonchev–Trinajstić information content (AvgIpc) is 3.27. The zero-order chi connectivity index (χ0) is 15.8. The van der Waals surface area contributed by atoms with Gasteiger partial charge in [-0.2, -0.15) is 0 Å². The molecule has 2 heterocycles. The molecule has 2 aromatic heterocycles. The van der Waals surface area contributed by atoms with E-state index in [1.165, 1.54) is 30.7 Å². The fourth-order valence-corrected chi connectivity index (χ4v) is 4.42. The molecule has 0 N–H and O–H groups in total. The normalized spacial score (nSPS) is 15.5. The van der Waals surface area contributed by atoms with Gasteiger partial charge in [0, 0.05) is 23.6 Å². The lowest BCUT2D eigenvalue weighted by molar-refractivity contribution is -0.383. The van der Waals surface area contributed by atoms with E-state index in [-0.39, 0.29) is 10.6 Å². The monoisotopic (exact) mass is 327 g/mol. The number of hydrogen-bond acceptors (Lipinski definition) is 4. The molecule has 4 rings (SSSR count). The molecule has 0 aliphatic heterocycles. The molecule has 0 atom stereocenters. The molecule has 1 aliphatic carbocycles. The maximum absolute atomic E-state index is 11.1. The third kappa shape index (κ3) is 2.63. The largest absolute Gasteiger partial charge is 0.341 e. The lowest BCUT2D eigenvalue weighted by atomic mass is 10.1. The summed E-state index contributed by atoms with van der Waals surface area (Å²) in [6, 6.07) is 7.03. The highest BCUT2D eigenvalue weighted by molar-refractivity contribution is 7.09. The van der Waals surface area contributed by atoms with Crippen LogP contribution in [0.5, 0.6) is 0 Å². The molecule has 0 unspecified atom stereocenters. The number of nitro groups is 1. The Balaban J connectivity index is 1.63. The fraction of sp³-hybridized carbons (Fsp3) is 0.353. The lowest BCUT2D eigenvalue weighted by Crippen LogP contribution is -1.99. The molecule has 23 heavy (non-hydrogen) atoms. The number of nitrogens with zero attached hydrogens (tertiary/aromatic N) is 3. The Labute approximate surface area is 137 Å². The van der Waals surface area contributed by atoms with Gasteiger partial charge in [-0.3, -0.25) is 10.1 Å². The van der Waals surface area contributed by atoms with Crippen molar-refractivity contribution in [2.75, 3.05) is 0 Å². The van der Waals surface area contributed by atoms with Crippen molar-refractivity contribution in [2.45, 2.75) is 38.1 Å². The van der Waals surface area contributed by atoms with Gasteiger partial charge in [-0.1, -0.05) is 18.9 Å². The number of thiazole rings is 1. The number of rotatable bonds is 4. The van der Waals surface area contributed by atoms with Crippen LogP contribution in [-0.2, 0) is 6.54 Å². The minimum absolute atomic E-state index is 0.158. The molecule has 1 aliphatic rings. The minimum Gasteiger partial charge on any atom is -0.341 e. The number of benzene rings is 1. The van der Waals surface area contributed by atoms with E-state index in [4.69, 9.17) is 4.98 Å². The number of fused-ring (bicyclic) bond motifs is 1. The van der Waals surface area contributed by atoms with Gasteiger partial charge in [0.05, 0.1) is 33.1 Å². The van der Waals surface area contributed by atoms with Crippen LogP contribution in [0.1, 0.15) is 42.3 Å². The standard InChI is InChI=1S/C17H17N3O2S/c21-20(22)16-7-3-6-15-14(16)8-9-19(15)10-13-11-23-17(18-13)12-4-1-2-5-12/h3,6-9,11-12H,1-2,4-5,10H2. The molecule has 1 fully saturated rings. The highest BCUT2D eigenvalue weighted by Crippen LogP contribution is 2.36. The van der Waals surface area contributed by atoms with E-state index in [2.05, 4.69) is 5.38 Å². The molecule has 118 valence electrons. The molecule has 1 saturated carbocycles. The third-order valence-electron chi connectivity index (χ3n) is 4.59. The minimum atomic E-state index is -0.326. The van der Waals surface area contributed by atoms with Crippen molar-refractivity contribution in [3.8, 4) is 0 Å². The lowest BCUT2D eigenvalue weighted by Gasteiger charge is -2.04. The smallest absolute Gasteiger partial charge is 0.278 e. The highest BCUT2D eigenvalue weighted by atomic mass is 32.1. The van der Waals surface area contributed by atoms with Crippen molar-refractivity contribution in [1.82, 2.24) is 9.55 Å². The number of hydrogen-bond donors (Lipinski definition) is 0. The van der Waals surface area contributed by atoms with Crippen LogP contribution in [0.15, 0.2) is 35.8 Å². The van der Waals surface area contributed by atoms with E-state index in [1.54, 1.807) is 23.5 Å². The second kappa shape index (κ2) is 5.77. The van der Waals surface area contributed by atoms with Crippen molar-refractivity contribution in [3.63, 3.8) is 0 Å². The van der Waals surface area contributed by atoms with Gasteiger partial charge in [-0.15, -0.1) is 11.3 Å². The van der Waals surface area contributed by atoms with Crippen LogP contribution in [0.2, 0.25) is 0 Å². The molecule has 0 radical (unpaired) electrons. The van der Waals surface area contributed by atoms with Crippen LogP contribution in [0.25, 0.3) is 10.9 Å². The first kappa shape index (κ1) is 14.4. The Hall–Kier alpha value is -2.21. The zero-order valence-corrected chi connectivity index (χ0v) is 13.5. The first-order chi connectivity index (χ1) is 11.2. The van der Waals surface area contributed by atoms with Crippen LogP contribution < -0.4 is 0 Å². The number of aromatic nitrogens is 2. The summed E-state index contributed by atoms with van der Waals surface area (Å²) in [5.41, 5.74) is 2.08. The summed E-state index contributed by atoms with van der Waals surface area (Å²) in [5, 5.41) is 15.2. The van der Waals surface area contributed by atoms with Crippen molar-refractivity contribution in [3.05, 3.63) is 56.7 Å². The maximum atomic E-state index is 11.1. The van der Waals surface area contributed by atoms with Crippen LogP contribution >= 0.6 is 11.3 Å². The third-order valence-corrected chi connectivity index (χ3v) is 5.65. The van der Waals surface area contributed by atoms with Crippen molar-refractivity contribution < 1.29 is 4.92 Å². The van der Waals surface area contributed by atoms with Crippen LogP contribution in [0, 0.1) is 10.1 Å². The molecule has 6 heteroatoms. The molecule has 5 nitrogen and oxygen atoms in total. The van der Waals surface area contributed by atoms with Gasteiger partial charge in [0.15, 0.2) is 0 Å². The molecular weight excluding hydrogens is 310 g/mol. The van der Waals surface area contributed by atoms with E-state index in [0.717, 1.165) is 11.2 Å². The summed E-state index contributed by atoms with van der Waals surface area (Å²) >= 11 is 1.75. The predicted molar refractivity (Wildman–Crippen MR) is 91.0 cm³/mol. The first-order valence-corrected chi connectivity index (χ1v) is 8.77. The second-order valence-electron chi connectivity index (χ2n) is 6.07. The van der Waals surface area contributed by atoms with Gasteiger partial charge in [0.1, 0.15) is 0 Å². The van der Waals surface area contributed by atoms with Gasteiger partial charge in [-0.05, 0) is 25.0 Å². The molecule has 0 saturated heterocycles. The zero-order valence-electron chi connectivity index (χ0n) is 12.6. The Kier molecular flexibility index (Phi) is 3.61. The molecular formula is C17H17N3O2S. The van der Waals surface area contributed by atoms with Crippen LogP contribution in [0.3, 0.4) is 0 Å². The molecule has 0 bridgehead atoms. The van der Waals surface area contributed by atoms with E-state index in [0.29, 0.717) is 17.8 Å². The highest BCUT2D eigenvalue weighted by Gasteiger charge is 2.20. The Morgan fingerprint density at radius 3 is 2.91 bits per heavy atom. The summed E-state index contributed by atoms with van der Waals surface area (Å²) in [4.78, 5) is 15.6. The Morgan fingerprint density at radius 2 is 2.13 bits per heavy atom. The molecule has 3 aromatic rings. The van der Waals surface area contributed by atoms with E-state index in [1.807, 2.05) is 22.9 Å². The molecule has 0 spiro atoms. The van der Waals surface area contributed by atoms with E-state index < -0.39 is 0 Å². The molecule has 0 amide bonds. The number of nitro benzene ring substituents is 1. The van der Waals surface area contributed by atoms with Gasteiger partial charge in [0.25, 0.3) is 5.69 Å². The summed E-state index contributed by atoms with van der Waals surface area (Å²) in [6.45, 7) is 0.661. The molecule has 1 aromatic carbocycles. The summed E-state index contributed by atoms with van der Waals surface area (Å²) in [6.07, 6.45) is 7.04.